The Morgan fingerprint density at radius 3 is 3.07 bits per heavy atom. The predicted octanol–water partition coefficient (Wildman–Crippen LogP) is 1.35. The molecular formula is C11H21NO3. The van der Waals surface area contributed by atoms with Gasteiger partial charge in [0.05, 0.1) is 12.7 Å². The van der Waals surface area contributed by atoms with Crippen LogP contribution in [-0.2, 0) is 9.53 Å². The van der Waals surface area contributed by atoms with Crippen molar-refractivity contribution in [1.82, 2.24) is 4.90 Å². The summed E-state index contributed by atoms with van der Waals surface area (Å²) in [5.74, 6) is -0.701. The second-order valence-corrected chi connectivity index (χ2v) is 4.08. The number of hydrogen-bond acceptors (Lipinski definition) is 3. The number of carboxylic acids is 1. The molecule has 1 atom stereocenters. The monoisotopic (exact) mass is 215 g/mol. The van der Waals surface area contributed by atoms with Gasteiger partial charge in [-0.2, -0.15) is 0 Å². The van der Waals surface area contributed by atoms with E-state index in [2.05, 4.69) is 11.8 Å². The summed E-state index contributed by atoms with van der Waals surface area (Å²) in [6, 6.07) is 0. The lowest BCUT2D eigenvalue weighted by Gasteiger charge is -2.32. The Bertz CT molecular complexity index is 194. The van der Waals surface area contributed by atoms with Crippen LogP contribution < -0.4 is 0 Å². The van der Waals surface area contributed by atoms with Crippen LogP contribution in [0.25, 0.3) is 0 Å². The van der Waals surface area contributed by atoms with Crippen molar-refractivity contribution in [2.75, 3.05) is 26.2 Å². The van der Waals surface area contributed by atoms with E-state index < -0.39 is 5.97 Å². The second kappa shape index (κ2) is 6.80. The molecule has 1 aliphatic rings. The third kappa shape index (κ3) is 5.14. The van der Waals surface area contributed by atoms with Gasteiger partial charge in [-0.3, -0.25) is 9.69 Å². The van der Waals surface area contributed by atoms with E-state index in [9.17, 15) is 4.79 Å². The number of aliphatic carboxylic acids is 1. The highest BCUT2D eigenvalue weighted by Gasteiger charge is 2.19. The molecule has 1 rings (SSSR count). The van der Waals surface area contributed by atoms with Crippen molar-refractivity contribution in [1.29, 1.82) is 0 Å². The molecule has 0 aliphatic carbocycles. The molecule has 15 heavy (non-hydrogen) atoms. The Kier molecular flexibility index (Phi) is 5.65. The maximum atomic E-state index is 10.4. The number of rotatable bonds is 6. The quantitative estimate of drug-likeness (QED) is 0.726. The van der Waals surface area contributed by atoms with Crippen LogP contribution in [-0.4, -0.2) is 48.3 Å². The van der Waals surface area contributed by atoms with Gasteiger partial charge in [-0.1, -0.05) is 13.3 Å². The van der Waals surface area contributed by atoms with Crippen LogP contribution in [0.3, 0.4) is 0 Å². The van der Waals surface area contributed by atoms with Gasteiger partial charge in [-0.05, 0) is 19.4 Å². The van der Waals surface area contributed by atoms with Crippen LogP contribution in [0.4, 0.5) is 0 Å². The van der Waals surface area contributed by atoms with E-state index in [1.165, 1.54) is 0 Å². The van der Waals surface area contributed by atoms with Crippen LogP contribution in [0.5, 0.6) is 0 Å². The van der Waals surface area contributed by atoms with Gasteiger partial charge >= 0.3 is 5.97 Å². The van der Waals surface area contributed by atoms with Gasteiger partial charge in [0.15, 0.2) is 0 Å². The molecule has 4 nitrogen and oxygen atoms in total. The van der Waals surface area contributed by atoms with Gasteiger partial charge < -0.3 is 9.84 Å². The van der Waals surface area contributed by atoms with Crippen molar-refractivity contribution in [2.45, 2.75) is 38.7 Å². The van der Waals surface area contributed by atoms with Crippen molar-refractivity contribution in [2.24, 2.45) is 0 Å². The topological polar surface area (TPSA) is 49.8 Å². The summed E-state index contributed by atoms with van der Waals surface area (Å²) in [4.78, 5) is 12.7. The zero-order chi connectivity index (χ0) is 11.1. The molecule has 0 radical (unpaired) electrons. The first kappa shape index (κ1) is 12.5. The molecule has 4 heteroatoms. The Hall–Kier alpha value is -0.610. The molecule has 0 aromatic rings. The van der Waals surface area contributed by atoms with Crippen molar-refractivity contribution in [3.05, 3.63) is 0 Å². The average Bonchev–Trinajstić information content (AvgIpc) is 2.18. The molecule has 0 aromatic carbocycles. The molecule has 0 bridgehead atoms. The number of carboxylic acid groups (broad SMARTS) is 1. The lowest BCUT2D eigenvalue weighted by Crippen LogP contribution is -2.42. The summed E-state index contributed by atoms with van der Waals surface area (Å²) in [6.07, 6.45) is 3.63. The summed E-state index contributed by atoms with van der Waals surface area (Å²) >= 11 is 0. The third-order valence-corrected chi connectivity index (χ3v) is 2.70. The zero-order valence-corrected chi connectivity index (χ0v) is 9.45. The molecule has 1 unspecified atom stereocenters. The number of carbonyl (C=O) groups is 1. The number of ether oxygens (including phenoxy) is 1. The molecule has 0 saturated carbocycles. The molecule has 1 aliphatic heterocycles. The number of nitrogens with zero attached hydrogens (tertiary/aromatic N) is 1. The second-order valence-electron chi connectivity index (χ2n) is 4.08. The van der Waals surface area contributed by atoms with Gasteiger partial charge in [0.1, 0.15) is 0 Å². The zero-order valence-electron chi connectivity index (χ0n) is 9.45. The van der Waals surface area contributed by atoms with Gasteiger partial charge in [0.25, 0.3) is 0 Å². The van der Waals surface area contributed by atoms with E-state index in [1.807, 2.05) is 0 Å². The molecule has 1 fully saturated rings. The minimum Gasteiger partial charge on any atom is -0.481 e. The largest absolute Gasteiger partial charge is 0.481 e. The van der Waals surface area contributed by atoms with E-state index in [0.29, 0.717) is 6.10 Å². The lowest BCUT2D eigenvalue weighted by molar-refractivity contribution is -0.137. The van der Waals surface area contributed by atoms with Gasteiger partial charge in [0, 0.05) is 19.5 Å². The summed E-state index contributed by atoms with van der Waals surface area (Å²) in [6.45, 7) is 5.74. The van der Waals surface area contributed by atoms with Crippen molar-refractivity contribution >= 4 is 5.97 Å². The first-order valence-electron chi connectivity index (χ1n) is 5.78. The molecule has 1 saturated heterocycles. The Balaban J connectivity index is 2.15. The van der Waals surface area contributed by atoms with E-state index in [0.717, 1.165) is 45.5 Å². The molecule has 88 valence electrons. The molecular weight excluding hydrogens is 194 g/mol. The average molecular weight is 215 g/mol. The summed E-state index contributed by atoms with van der Waals surface area (Å²) in [5, 5.41) is 8.54. The Labute approximate surface area is 91.2 Å². The van der Waals surface area contributed by atoms with E-state index in [1.54, 1.807) is 0 Å². The third-order valence-electron chi connectivity index (χ3n) is 2.70. The molecule has 0 spiro atoms. The van der Waals surface area contributed by atoms with Crippen molar-refractivity contribution < 1.29 is 14.6 Å². The minimum atomic E-state index is -0.701. The Morgan fingerprint density at radius 1 is 1.60 bits per heavy atom. The molecule has 1 heterocycles. The van der Waals surface area contributed by atoms with Crippen LogP contribution in [0.15, 0.2) is 0 Å². The first-order chi connectivity index (χ1) is 7.22. The SMILES string of the molecule is CCCC1CN(CCCC(=O)O)CCO1. The lowest BCUT2D eigenvalue weighted by atomic mass is 10.1. The fourth-order valence-corrected chi connectivity index (χ4v) is 1.93. The maximum absolute atomic E-state index is 10.4. The van der Waals surface area contributed by atoms with Gasteiger partial charge in [-0.15, -0.1) is 0 Å². The highest BCUT2D eigenvalue weighted by Crippen LogP contribution is 2.10. The highest BCUT2D eigenvalue weighted by atomic mass is 16.5. The molecule has 0 aromatic heterocycles. The van der Waals surface area contributed by atoms with Gasteiger partial charge in [-0.25, -0.2) is 0 Å². The van der Waals surface area contributed by atoms with E-state index in [4.69, 9.17) is 9.84 Å². The van der Waals surface area contributed by atoms with Crippen LogP contribution in [0, 0.1) is 0 Å². The van der Waals surface area contributed by atoms with Crippen LogP contribution in [0.2, 0.25) is 0 Å². The minimum absolute atomic E-state index is 0.274. The fourth-order valence-electron chi connectivity index (χ4n) is 1.93. The molecule has 0 amide bonds. The van der Waals surface area contributed by atoms with Crippen LogP contribution in [0.1, 0.15) is 32.6 Å². The van der Waals surface area contributed by atoms with Crippen molar-refractivity contribution in [3.8, 4) is 0 Å². The maximum Gasteiger partial charge on any atom is 0.303 e. The smallest absolute Gasteiger partial charge is 0.303 e. The predicted molar refractivity (Wildman–Crippen MR) is 58.0 cm³/mol. The van der Waals surface area contributed by atoms with Crippen LogP contribution >= 0.6 is 0 Å². The highest BCUT2D eigenvalue weighted by molar-refractivity contribution is 5.66. The summed E-state index contributed by atoms with van der Waals surface area (Å²) in [7, 11) is 0. The number of hydrogen-bond donors (Lipinski definition) is 1. The van der Waals surface area contributed by atoms with Gasteiger partial charge in [0.2, 0.25) is 0 Å². The van der Waals surface area contributed by atoms with Crippen molar-refractivity contribution in [3.63, 3.8) is 0 Å². The van der Waals surface area contributed by atoms with E-state index >= 15 is 0 Å². The van der Waals surface area contributed by atoms with E-state index in [-0.39, 0.29) is 6.42 Å². The first-order valence-corrected chi connectivity index (χ1v) is 5.78. The summed E-state index contributed by atoms with van der Waals surface area (Å²) in [5.41, 5.74) is 0. The Morgan fingerprint density at radius 2 is 2.40 bits per heavy atom. The standard InChI is InChI=1S/C11H21NO3/c1-2-4-10-9-12(7-8-15-10)6-3-5-11(13)14/h10H,2-9H2,1H3,(H,13,14). The number of morpholine rings is 1. The summed E-state index contributed by atoms with van der Waals surface area (Å²) < 4.78 is 5.62. The fraction of sp³-hybridized carbons (Fsp3) is 0.909. The molecule has 1 N–H and O–H groups in total. The normalized spacial score (nSPS) is 22.9.